The van der Waals surface area contributed by atoms with Gasteiger partial charge in [0, 0.05) is 12.6 Å². The summed E-state index contributed by atoms with van der Waals surface area (Å²) in [4.78, 5) is 29.7. The van der Waals surface area contributed by atoms with E-state index in [2.05, 4.69) is 10.3 Å². The molecule has 3 aromatic rings. The van der Waals surface area contributed by atoms with Crippen molar-refractivity contribution in [3.63, 3.8) is 0 Å². The van der Waals surface area contributed by atoms with Crippen LogP contribution in [-0.2, 0) is 17.8 Å². The lowest BCUT2D eigenvalue weighted by Gasteiger charge is -2.13. The molecule has 7 nitrogen and oxygen atoms in total. The predicted octanol–water partition coefficient (Wildman–Crippen LogP) is 2.08. The molecule has 0 aliphatic rings. The Kier molecular flexibility index (Phi) is 5.93. The topological polar surface area (TPSA) is 82.5 Å². The van der Waals surface area contributed by atoms with E-state index in [1.165, 1.54) is 18.8 Å². The number of fused-ring (bicyclic) bond motifs is 1. The SMILES string of the molecule is COc1cc2nc(C)n(CC(=O)NCCc3ccccc3)c(=O)c2cc1OC. The number of benzene rings is 2. The number of carbonyl (C=O) groups excluding carboxylic acids is 1. The van der Waals surface area contributed by atoms with Crippen LogP contribution in [0.2, 0.25) is 0 Å². The summed E-state index contributed by atoms with van der Waals surface area (Å²) in [6.45, 7) is 2.12. The fourth-order valence-electron chi connectivity index (χ4n) is 3.04. The van der Waals surface area contributed by atoms with Crippen LogP contribution >= 0.6 is 0 Å². The molecule has 0 radical (unpaired) electrons. The molecule has 0 atom stereocenters. The van der Waals surface area contributed by atoms with Crippen LogP contribution in [-0.4, -0.2) is 36.2 Å². The van der Waals surface area contributed by atoms with Crippen molar-refractivity contribution in [3.8, 4) is 11.5 Å². The minimum absolute atomic E-state index is 0.0866. The average molecular weight is 381 g/mol. The van der Waals surface area contributed by atoms with Crippen LogP contribution in [0.4, 0.5) is 0 Å². The van der Waals surface area contributed by atoms with Crippen LogP contribution in [0.5, 0.6) is 11.5 Å². The van der Waals surface area contributed by atoms with E-state index in [0.717, 1.165) is 12.0 Å². The van der Waals surface area contributed by atoms with Crippen LogP contribution in [0.3, 0.4) is 0 Å². The third-order valence-corrected chi connectivity index (χ3v) is 4.53. The summed E-state index contributed by atoms with van der Waals surface area (Å²) in [7, 11) is 3.03. The summed E-state index contributed by atoms with van der Waals surface area (Å²) in [5.41, 5.74) is 1.35. The molecule has 3 rings (SSSR count). The molecule has 0 unspecified atom stereocenters. The maximum absolute atomic E-state index is 12.9. The molecule has 2 aromatic carbocycles. The highest BCUT2D eigenvalue weighted by atomic mass is 16.5. The van der Waals surface area contributed by atoms with Gasteiger partial charge >= 0.3 is 0 Å². The fraction of sp³-hybridized carbons (Fsp3) is 0.286. The lowest BCUT2D eigenvalue weighted by atomic mass is 10.1. The lowest BCUT2D eigenvalue weighted by molar-refractivity contribution is -0.121. The number of aromatic nitrogens is 2. The zero-order valence-electron chi connectivity index (χ0n) is 16.2. The molecular weight excluding hydrogens is 358 g/mol. The first-order chi connectivity index (χ1) is 13.5. The molecular formula is C21H23N3O4. The van der Waals surface area contributed by atoms with Crippen LogP contribution in [0.1, 0.15) is 11.4 Å². The van der Waals surface area contributed by atoms with E-state index in [9.17, 15) is 9.59 Å². The van der Waals surface area contributed by atoms with Gasteiger partial charge in [0.2, 0.25) is 5.91 Å². The van der Waals surface area contributed by atoms with Gasteiger partial charge in [-0.15, -0.1) is 0 Å². The summed E-state index contributed by atoms with van der Waals surface area (Å²) in [6, 6.07) is 13.1. The molecule has 1 N–H and O–H groups in total. The highest BCUT2D eigenvalue weighted by Crippen LogP contribution is 2.30. The van der Waals surface area contributed by atoms with Gasteiger partial charge in [-0.2, -0.15) is 0 Å². The van der Waals surface area contributed by atoms with Crippen molar-refractivity contribution in [1.82, 2.24) is 14.9 Å². The average Bonchev–Trinajstić information content (AvgIpc) is 2.71. The molecule has 0 saturated heterocycles. The minimum Gasteiger partial charge on any atom is -0.493 e. The molecule has 0 spiro atoms. The van der Waals surface area contributed by atoms with Crippen molar-refractivity contribution >= 4 is 16.8 Å². The van der Waals surface area contributed by atoms with Gasteiger partial charge in [-0.1, -0.05) is 30.3 Å². The van der Waals surface area contributed by atoms with Crippen molar-refractivity contribution < 1.29 is 14.3 Å². The second-order valence-electron chi connectivity index (χ2n) is 6.36. The molecule has 0 fully saturated rings. The summed E-state index contributed by atoms with van der Waals surface area (Å²) in [5.74, 6) is 1.17. The Morgan fingerprint density at radius 1 is 1.11 bits per heavy atom. The Morgan fingerprint density at radius 2 is 1.79 bits per heavy atom. The van der Waals surface area contributed by atoms with Crippen molar-refractivity contribution in [3.05, 3.63) is 64.2 Å². The monoisotopic (exact) mass is 381 g/mol. The quantitative estimate of drug-likeness (QED) is 0.678. The molecule has 1 amide bonds. The van der Waals surface area contributed by atoms with Gasteiger partial charge in [0.1, 0.15) is 12.4 Å². The normalized spacial score (nSPS) is 10.7. The Bertz CT molecular complexity index is 1040. The number of nitrogens with zero attached hydrogens (tertiary/aromatic N) is 2. The summed E-state index contributed by atoms with van der Waals surface area (Å²) in [5, 5.41) is 3.23. The van der Waals surface area contributed by atoms with Gasteiger partial charge in [0.05, 0.1) is 25.1 Å². The molecule has 1 heterocycles. The zero-order chi connectivity index (χ0) is 20.1. The van der Waals surface area contributed by atoms with E-state index >= 15 is 0 Å². The number of aryl methyl sites for hydroxylation is 1. The number of amides is 1. The molecule has 28 heavy (non-hydrogen) atoms. The molecule has 0 saturated carbocycles. The number of carbonyl (C=O) groups is 1. The molecule has 0 bridgehead atoms. The highest BCUT2D eigenvalue weighted by molar-refractivity contribution is 5.82. The van der Waals surface area contributed by atoms with Crippen molar-refractivity contribution in [2.24, 2.45) is 0 Å². The van der Waals surface area contributed by atoms with E-state index in [1.54, 1.807) is 19.1 Å². The first-order valence-electron chi connectivity index (χ1n) is 8.97. The van der Waals surface area contributed by atoms with Gasteiger partial charge in [-0.05, 0) is 25.0 Å². The molecule has 0 aliphatic carbocycles. The van der Waals surface area contributed by atoms with Crippen molar-refractivity contribution in [2.75, 3.05) is 20.8 Å². The fourth-order valence-corrected chi connectivity index (χ4v) is 3.04. The molecule has 7 heteroatoms. The Hall–Kier alpha value is -3.35. The number of methoxy groups -OCH3 is 2. The van der Waals surface area contributed by atoms with E-state index in [1.807, 2.05) is 30.3 Å². The standard InChI is InChI=1S/C21H23N3O4/c1-14-23-17-12-19(28-3)18(27-2)11-16(17)21(26)24(14)13-20(25)22-10-9-15-7-5-4-6-8-15/h4-8,11-12H,9-10,13H2,1-3H3,(H,22,25). The van der Waals surface area contributed by atoms with Crippen molar-refractivity contribution in [2.45, 2.75) is 19.9 Å². The maximum atomic E-state index is 12.9. The van der Waals surface area contributed by atoms with E-state index < -0.39 is 0 Å². The van der Waals surface area contributed by atoms with Gasteiger partial charge in [-0.3, -0.25) is 14.2 Å². The minimum atomic E-state index is -0.290. The van der Waals surface area contributed by atoms with Crippen LogP contribution < -0.4 is 20.3 Å². The largest absolute Gasteiger partial charge is 0.493 e. The number of ether oxygens (including phenoxy) is 2. The maximum Gasteiger partial charge on any atom is 0.262 e. The number of rotatable bonds is 7. The van der Waals surface area contributed by atoms with Gasteiger partial charge in [-0.25, -0.2) is 4.98 Å². The Balaban J connectivity index is 1.78. The van der Waals surface area contributed by atoms with Gasteiger partial charge in [0.15, 0.2) is 11.5 Å². The smallest absolute Gasteiger partial charge is 0.262 e. The van der Waals surface area contributed by atoms with E-state index in [0.29, 0.717) is 34.8 Å². The van der Waals surface area contributed by atoms with Crippen LogP contribution in [0, 0.1) is 6.92 Å². The zero-order valence-corrected chi connectivity index (χ0v) is 16.2. The molecule has 0 aliphatic heterocycles. The Labute approximate surface area is 162 Å². The second kappa shape index (κ2) is 8.56. The molecule has 146 valence electrons. The van der Waals surface area contributed by atoms with Crippen molar-refractivity contribution in [1.29, 1.82) is 0 Å². The van der Waals surface area contributed by atoms with E-state index in [-0.39, 0.29) is 18.0 Å². The Morgan fingerprint density at radius 3 is 2.46 bits per heavy atom. The number of hydrogen-bond acceptors (Lipinski definition) is 5. The third-order valence-electron chi connectivity index (χ3n) is 4.53. The first kappa shape index (κ1) is 19.4. The summed E-state index contributed by atoms with van der Waals surface area (Å²) >= 11 is 0. The molecule has 1 aromatic heterocycles. The number of hydrogen-bond donors (Lipinski definition) is 1. The highest BCUT2D eigenvalue weighted by Gasteiger charge is 2.15. The number of nitrogens with one attached hydrogen (secondary N) is 1. The van der Waals surface area contributed by atoms with Gasteiger partial charge < -0.3 is 14.8 Å². The van der Waals surface area contributed by atoms with E-state index in [4.69, 9.17) is 9.47 Å². The second-order valence-corrected chi connectivity index (χ2v) is 6.36. The van der Waals surface area contributed by atoms with Crippen LogP contribution in [0.25, 0.3) is 10.9 Å². The first-order valence-corrected chi connectivity index (χ1v) is 8.97. The van der Waals surface area contributed by atoms with Gasteiger partial charge in [0.25, 0.3) is 5.56 Å². The third kappa shape index (κ3) is 4.14. The van der Waals surface area contributed by atoms with Crippen LogP contribution in [0.15, 0.2) is 47.3 Å². The summed E-state index contributed by atoms with van der Waals surface area (Å²) in [6.07, 6.45) is 0.730. The predicted molar refractivity (Wildman–Crippen MR) is 107 cm³/mol. The lowest BCUT2D eigenvalue weighted by Crippen LogP contribution is -2.34. The summed E-state index contributed by atoms with van der Waals surface area (Å²) < 4.78 is 11.9.